The second kappa shape index (κ2) is 8.10. The number of nitrogens with zero attached hydrogens (tertiary/aromatic N) is 2. The van der Waals surface area contributed by atoms with Gasteiger partial charge in [0.1, 0.15) is 6.04 Å². The molecule has 6 nitrogen and oxygen atoms in total. The highest BCUT2D eigenvalue weighted by Gasteiger charge is 2.32. The highest BCUT2D eigenvalue weighted by molar-refractivity contribution is 6.00. The maximum atomic E-state index is 13.2. The average Bonchev–Trinajstić information content (AvgIpc) is 2.80. The Kier molecular flexibility index (Phi) is 5.63. The quantitative estimate of drug-likeness (QED) is 0.858. The van der Waals surface area contributed by atoms with Crippen LogP contribution >= 0.6 is 0 Å². The topological polar surface area (TPSA) is 74.3 Å². The summed E-state index contributed by atoms with van der Waals surface area (Å²) in [6.45, 7) is 2.20. The van der Waals surface area contributed by atoms with Crippen molar-refractivity contribution in [3.8, 4) is 0 Å². The number of hydrogen-bond acceptors (Lipinski definition) is 4. The van der Waals surface area contributed by atoms with E-state index in [0.29, 0.717) is 13.0 Å². The minimum Gasteiger partial charge on any atom is -0.343 e. The predicted octanol–water partition coefficient (Wildman–Crippen LogP) is 1.65. The molecule has 2 aromatic rings. The molecule has 26 heavy (non-hydrogen) atoms. The zero-order chi connectivity index (χ0) is 18.5. The van der Waals surface area contributed by atoms with Gasteiger partial charge in [-0.15, -0.1) is 0 Å². The maximum Gasteiger partial charge on any atom is 0.249 e. The second-order valence-electron chi connectivity index (χ2n) is 6.52. The summed E-state index contributed by atoms with van der Waals surface area (Å²) in [6.07, 6.45) is 4.80. The van der Waals surface area contributed by atoms with Crippen LogP contribution in [0.15, 0.2) is 48.8 Å². The van der Waals surface area contributed by atoms with Gasteiger partial charge in [-0.3, -0.25) is 14.6 Å². The first-order valence-electron chi connectivity index (χ1n) is 8.86. The van der Waals surface area contributed by atoms with E-state index in [4.69, 9.17) is 0 Å². The van der Waals surface area contributed by atoms with E-state index in [-0.39, 0.29) is 17.9 Å². The predicted molar refractivity (Wildman–Crippen MR) is 101 cm³/mol. The molecule has 0 radical (unpaired) electrons. The lowest BCUT2D eigenvalue weighted by Crippen LogP contribution is -2.52. The Morgan fingerprint density at radius 1 is 1.31 bits per heavy atom. The number of fused-ring (bicyclic) bond motifs is 1. The van der Waals surface area contributed by atoms with Gasteiger partial charge in [-0.05, 0) is 50.1 Å². The van der Waals surface area contributed by atoms with E-state index in [1.165, 1.54) is 0 Å². The molecule has 3 rings (SSSR count). The van der Waals surface area contributed by atoms with Crippen LogP contribution in [0.2, 0.25) is 0 Å². The molecule has 6 heteroatoms. The van der Waals surface area contributed by atoms with Crippen LogP contribution in [0.4, 0.5) is 5.69 Å². The molecule has 0 aliphatic carbocycles. The molecule has 0 spiro atoms. The number of benzene rings is 1. The lowest BCUT2D eigenvalue weighted by Gasteiger charge is -2.27. The van der Waals surface area contributed by atoms with Crippen LogP contribution in [-0.4, -0.2) is 35.9 Å². The zero-order valence-corrected chi connectivity index (χ0v) is 15.1. The van der Waals surface area contributed by atoms with Crippen molar-refractivity contribution in [3.05, 3.63) is 59.9 Å². The minimum atomic E-state index is -0.539. The maximum absolute atomic E-state index is 13.2. The van der Waals surface area contributed by atoms with E-state index in [0.717, 1.165) is 23.2 Å². The van der Waals surface area contributed by atoms with Crippen LogP contribution in [0.5, 0.6) is 0 Å². The fraction of sp³-hybridized carbons (Fsp3) is 0.350. The third-order valence-electron chi connectivity index (χ3n) is 4.76. The van der Waals surface area contributed by atoms with E-state index < -0.39 is 6.04 Å². The van der Waals surface area contributed by atoms with Gasteiger partial charge in [-0.25, -0.2) is 0 Å². The summed E-state index contributed by atoms with van der Waals surface area (Å²) in [4.78, 5) is 31.4. The fourth-order valence-corrected chi connectivity index (χ4v) is 3.11. The molecule has 1 aromatic heterocycles. The normalized spacial score (nSPS) is 18.0. The molecule has 2 amide bonds. The van der Waals surface area contributed by atoms with Gasteiger partial charge in [0.05, 0.1) is 12.6 Å². The summed E-state index contributed by atoms with van der Waals surface area (Å²) in [5.74, 6) is -0.256. The molecule has 0 fully saturated rings. The van der Waals surface area contributed by atoms with Gasteiger partial charge in [-0.1, -0.05) is 24.3 Å². The van der Waals surface area contributed by atoms with Crippen LogP contribution in [-0.2, 0) is 22.6 Å². The van der Waals surface area contributed by atoms with Gasteiger partial charge in [0.15, 0.2) is 0 Å². The van der Waals surface area contributed by atoms with Crippen LogP contribution in [0.25, 0.3) is 0 Å². The molecule has 1 aromatic carbocycles. The molecule has 136 valence electrons. The third kappa shape index (κ3) is 3.91. The van der Waals surface area contributed by atoms with Crippen LogP contribution in [0, 0.1) is 0 Å². The Balaban J connectivity index is 1.89. The Hall–Kier alpha value is -2.73. The van der Waals surface area contributed by atoms with Crippen LogP contribution < -0.4 is 15.5 Å². The minimum absolute atomic E-state index is 0.0875. The van der Waals surface area contributed by atoms with Crippen molar-refractivity contribution >= 4 is 17.5 Å². The van der Waals surface area contributed by atoms with E-state index in [9.17, 15) is 9.59 Å². The molecule has 1 aliphatic heterocycles. The second-order valence-corrected chi connectivity index (χ2v) is 6.52. The van der Waals surface area contributed by atoms with Gasteiger partial charge in [0, 0.05) is 18.1 Å². The first kappa shape index (κ1) is 18.1. The largest absolute Gasteiger partial charge is 0.343 e. The molecule has 0 bridgehead atoms. The van der Waals surface area contributed by atoms with Gasteiger partial charge in [0.2, 0.25) is 11.8 Å². The smallest absolute Gasteiger partial charge is 0.249 e. The average molecular weight is 352 g/mol. The van der Waals surface area contributed by atoms with Gasteiger partial charge < -0.3 is 15.5 Å². The number of aryl methyl sites for hydroxylation is 1. The Bertz CT molecular complexity index is 778. The summed E-state index contributed by atoms with van der Waals surface area (Å²) >= 11 is 0. The number of amides is 2. The van der Waals surface area contributed by atoms with Crippen molar-refractivity contribution in [1.29, 1.82) is 0 Å². The van der Waals surface area contributed by atoms with Gasteiger partial charge in [-0.2, -0.15) is 0 Å². The lowest BCUT2D eigenvalue weighted by atomic mass is 10.1. The van der Waals surface area contributed by atoms with Crippen LogP contribution in [0.1, 0.15) is 24.5 Å². The molecule has 1 aliphatic rings. The van der Waals surface area contributed by atoms with E-state index in [1.807, 2.05) is 36.4 Å². The van der Waals surface area contributed by atoms with E-state index in [2.05, 4.69) is 15.6 Å². The third-order valence-corrected chi connectivity index (χ3v) is 4.76. The summed E-state index contributed by atoms with van der Waals surface area (Å²) in [6, 6.07) is 10.8. The molecule has 2 N–H and O–H groups in total. The fourth-order valence-electron chi connectivity index (χ4n) is 3.11. The summed E-state index contributed by atoms with van der Waals surface area (Å²) in [7, 11) is 1.73. The molecule has 0 saturated carbocycles. The van der Waals surface area contributed by atoms with Crippen molar-refractivity contribution in [3.63, 3.8) is 0 Å². The summed E-state index contributed by atoms with van der Waals surface area (Å²) < 4.78 is 0. The van der Waals surface area contributed by atoms with E-state index >= 15 is 0 Å². The molecular weight excluding hydrogens is 328 g/mol. The number of carbonyl (C=O) groups excluding carboxylic acids is 2. The van der Waals surface area contributed by atoms with Gasteiger partial charge >= 0.3 is 0 Å². The Morgan fingerprint density at radius 3 is 2.85 bits per heavy atom. The van der Waals surface area contributed by atoms with Crippen LogP contribution in [0.3, 0.4) is 0 Å². The zero-order valence-electron chi connectivity index (χ0n) is 15.1. The summed E-state index contributed by atoms with van der Waals surface area (Å²) in [5, 5.41) is 5.81. The Labute approximate surface area is 153 Å². The van der Waals surface area contributed by atoms with Crippen molar-refractivity contribution in [1.82, 2.24) is 15.6 Å². The molecular formula is C20H24N4O2. The standard InChI is InChI=1S/C20H24N4O2/c1-14(21-2)19(25)23-17-10-9-16-7-3-4-8-18(16)24(20(17)26)13-15-6-5-11-22-12-15/h3-8,11-12,14,17,21H,9-10,13H2,1-2H3,(H,23,25)/t14?,17-/m0/s1. The highest BCUT2D eigenvalue weighted by Crippen LogP contribution is 2.28. The number of rotatable bonds is 5. The number of likely N-dealkylation sites (N-methyl/N-ethyl adjacent to an activating group) is 1. The Morgan fingerprint density at radius 2 is 2.12 bits per heavy atom. The number of para-hydroxylation sites is 1. The lowest BCUT2D eigenvalue weighted by molar-refractivity contribution is -0.128. The first-order valence-corrected chi connectivity index (χ1v) is 8.86. The van der Waals surface area contributed by atoms with Crippen molar-refractivity contribution in [2.45, 2.75) is 38.4 Å². The highest BCUT2D eigenvalue weighted by atomic mass is 16.2. The number of pyridine rings is 1. The van der Waals surface area contributed by atoms with Crippen molar-refractivity contribution in [2.75, 3.05) is 11.9 Å². The number of nitrogens with one attached hydrogen (secondary N) is 2. The molecule has 2 heterocycles. The number of anilines is 1. The summed E-state index contributed by atoms with van der Waals surface area (Å²) in [5.41, 5.74) is 2.97. The molecule has 0 saturated heterocycles. The van der Waals surface area contributed by atoms with Crippen molar-refractivity contribution in [2.24, 2.45) is 0 Å². The molecule has 2 atom stereocenters. The van der Waals surface area contributed by atoms with Gasteiger partial charge in [0.25, 0.3) is 0 Å². The SMILES string of the molecule is CNC(C)C(=O)N[C@H]1CCc2ccccc2N(Cc2cccnc2)C1=O. The monoisotopic (exact) mass is 352 g/mol. The number of carbonyl (C=O) groups is 2. The number of hydrogen-bond donors (Lipinski definition) is 2. The first-order chi connectivity index (χ1) is 12.6. The number of aromatic nitrogens is 1. The van der Waals surface area contributed by atoms with Crippen molar-refractivity contribution < 1.29 is 9.59 Å². The molecule has 1 unspecified atom stereocenters. The van der Waals surface area contributed by atoms with E-state index in [1.54, 1.807) is 31.3 Å².